The van der Waals surface area contributed by atoms with Crippen molar-refractivity contribution in [3.8, 4) is 0 Å². The number of aromatic nitrogens is 3. The molecule has 0 aliphatic rings. The van der Waals surface area contributed by atoms with Gasteiger partial charge in [0, 0.05) is 18.1 Å². The van der Waals surface area contributed by atoms with Crippen LogP contribution in [0.25, 0.3) is 4.96 Å². The number of carbonyl (C=O) groups is 2. The fourth-order valence-electron chi connectivity index (χ4n) is 3.37. The summed E-state index contributed by atoms with van der Waals surface area (Å²) >= 11 is 1.35. The van der Waals surface area contributed by atoms with E-state index in [1.165, 1.54) is 21.9 Å². The Morgan fingerprint density at radius 2 is 1.91 bits per heavy atom. The van der Waals surface area contributed by atoms with Crippen LogP contribution in [0.4, 0.5) is 5.69 Å². The van der Waals surface area contributed by atoms with E-state index in [1.54, 1.807) is 42.5 Å². The molecule has 9 heteroatoms. The van der Waals surface area contributed by atoms with E-state index in [0.717, 1.165) is 17.0 Å². The fraction of sp³-hybridized carbons (Fsp3) is 0.240. The Morgan fingerprint density at radius 3 is 2.68 bits per heavy atom. The minimum Gasteiger partial charge on any atom is -0.456 e. The van der Waals surface area contributed by atoms with Crippen LogP contribution in [0.2, 0.25) is 0 Å². The van der Waals surface area contributed by atoms with Gasteiger partial charge in [0.15, 0.2) is 0 Å². The third-order valence-corrected chi connectivity index (χ3v) is 5.88. The van der Waals surface area contributed by atoms with Gasteiger partial charge in [0.05, 0.1) is 16.9 Å². The third-order valence-electron chi connectivity index (χ3n) is 4.95. The second-order valence-electron chi connectivity index (χ2n) is 8.32. The number of nitrogens with zero attached hydrogens (tertiary/aromatic N) is 3. The Labute approximate surface area is 200 Å². The molecule has 4 rings (SSSR count). The summed E-state index contributed by atoms with van der Waals surface area (Å²) in [7, 11) is 0. The van der Waals surface area contributed by atoms with Gasteiger partial charge in [-0.05, 0) is 37.1 Å². The highest BCUT2D eigenvalue weighted by atomic mass is 32.1. The monoisotopic (exact) mass is 476 g/mol. The Hall–Kier alpha value is -3.85. The second kappa shape index (κ2) is 9.96. The zero-order valence-corrected chi connectivity index (χ0v) is 19.9. The van der Waals surface area contributed by atoms with Gasteiger partial charge < -0.3 is 10.1 Å². The molecule has 0 aliphatic heterocycles. The van der Waals surface area contributed by atoms with Crippen LogP contribution in [0.3, 0.4) is 0 Å². The highest BCUT2D eigenvalue weighted by Crippen LogP contribution is 2.19. The second-order valence-corrected chi connectivity index (χ2v) is 9.36. The first-order chi connectivity index (χ1) is 16.3. The number of anilines is 1. The van der Waals surface area contributed by atoms with E-state index in [2.05, 4.69) is 29.2 Å². The standard InChI is InChI=1S/C25H24N4O4S/c1-15(2)11-21-28-29-22(30)13-18(26-25(29)34-21)14-33-24(32)19-9-4-5-10-20(19)27-23(31)17-8-6-7-16(3)12-17/h4-10,12-13,15H,11,14H2,1-3H3,(H,27,31). The molecule has 2 heterocycles. The van der Waals surface area contributed by atoms with Gasteiger partial charge in [-0.3, -0.25) is 9.59 Å². The average Bonchev–Trinajstić information content (AvgIpc) is 3.20. The van der Waals surface area contributed by atoms with Gasteiger partial charge >= 0.3 is 5.97 Å². The summed E-state index contributed by atoms with van der Waals surface area (Å²) in [5, 5.41) is 7.91. The Kier molecular flexibility index (Phi) is 6.83. The van der Waals surface area contributed by atoms with Crippen molar-refractivity contribution in [1.82, 2.24) is 14.6 Å². The summed E-state index contributed by atoms with van der Waals surface area (Å²) in [6.07, 6.45) is 0.753. The van der Waals surface area contributed by atoms with Crippen LogP contribution in [-0.4, -0.2) is 26.5 Å². The Bertz CT molecular complexity index is 1420. The summed E-state index contributed by atoms with van der Waals surface area (Å²) in [4.78, 5) is 42.7. The number of ether oxygens (including phenoxy) is 1. The average molecular weight is 477 g/mol. The van der Waals surface area contributed by atoms with Crippen molar-refractivity contribution in [1.29, 1.82) is 0 Å². The number of fused-ring (bicyclic) bond motifs is 1. The largest absolute Gasteiger partial charge is 0.456 e. The van der Waals surface area contributed by atoms with Crippen molar-refractivity contribution >= 4 is 33.9 Å². The number of esters is 1. The predicted octanol–water partition coefficient (Wildman–Crippen LogP) is 4.27. The molecule has 34 heavy (non-hydrogen) atoms. The lowest BCUT2D eigenvalue weighted by molar-refractivity contribution is 0.0469. The topological polar surface area (TPSA) is 103 Å². The quantitative estimate of drug-likeness (QED) is 0.400. The lowest BCUT2D eigenvalue weighted by atomic mass is 10.1. The molecule has 174 valence electrons. The molecule has 0 atom stereocenters. The molecule has 0 spiro atoms. The van der Waals surface area contributed by atoms with E-state index in [-0.39, 0.29) is 23.6 Å². The molecule has 0 bridgehead atoms. The van der Waals surface area contributed by atoms with E-state index in [0.29, 0.717) is 27.8 Å². The van der Waals surface area contributed by atoms with Gasteiger partial charge in [0.2, 0.25) is 4.96 Å². The predicted molar refractivity (Wildman–Crippen MR) is 130 cm³/mol. The molecule has 0 fully saturated rings. The molecule has 1 amide bonds. The molecule has 0 radical (unpaired) electrons. The van der Waals surface area contributed by atoms with Gasteiger partial charge in [-0.2, -0.15) is 9.61 Å². The number of hydrogen-bond acceptors (Lipinski definition) is 7. The molecule has 2 aromatic heterocycles. The lowest BCUT2D eigenvalue weighted by Gasteiger charge is -2.11. The van der Waals surface area contributed by atoms with Crippen molar-refractivity contribution in [2.24, 2.45) is 5.92 Å². The SMILES string of the molecule is Cc1cccc(C(=O)Nc2ccccc2C(=O)OCc2cc(=O)n3nc(CC(C)C)sc3n2)c1. The number of amides is 1. The minimum atomic E-state index is -0.632. The Balaban J connectivity index is 1.49. The Morgan fingerprint density at radius 1 is 1.12 bits per heavy atom. The summed E-state index contributed by atoms with van der Waals surface area (Å²) < 4.78 is 6.69. The molecule has 8 nitrogen and oxygen atoms in total. The summed E-state index contributed by atoms with van der Waals surface area (Å²) in [5.74, 6) is -0.554. The van der Waals surface area contributed by atoms with Crippen LogP contribution < -0.4 is 10.9 Å². The number of carbonyl (C=O) groups excluding carboxylic acids is 2. The van der Waals surface area contributed by atoms with Crippen molar-refractivity contribution < 1.29 is 14.3 Å². The molecular weight excluding hydrogens is 452 g/mol. The maximum absolute atomic E-state index is 12.8. The molecule has 0 saturated carbocycles. The van der Waals surface area contributed by atoms with Gasteiger partial charge in [-0.1, -0.05) is 55.0 Å². The van der Waals surface area contributed by atoms with Crippen LogP contribution in [0.15, 0.2) is 59.4 Å². The van der Waals surface area contributed by atoms with Crippen molar-refractivity contribution in [2.45, 2.75) is 33.8 Å². The zero-order valence-electron chi connectivity index (χ0n) is 19.1. The number of para-hydroxylation sites is 1. The first-order valence-corrected chi connectivity index (χ1v) is 11.6. The first kappa shape index (κ1) is 23.3. The molecule has 1 N–H and O–H groups in total. The van der Waals surface area contributed by atoms with Gasteiger partial charge in [0.25, 0.3) is 11.5 Å². The third kappa shape index (κ3) is 5.37. The van der Waals surface area contributed by atoms with Crippen LogP contribution in [-0.2, 0) is 17.8 Å². The van der Waals surface area contributed by atoms with Crippen LogP contribution in [0.1, 0.15) is 50.8 Å². The maximum Gasteiger partial charge on any atom is 0.340 e. The van der Waals surface area contributed by atoms with Crippen LogP contribution in [0, 0.1) is 12.8 Å². The summed E-state index contributed by atoms with van der Waals surface area (Å²) in [5.41, 5.74) is 2.00. The van der Waals surface area contributed by atoms with Crippen LogP contribution >= 0.6 is 11.3 Å². The van der Waals surface area contributed by atoms with E-state index < -0.39 is 5.97 Å². The van der Waals surface area contributed by atoms with Gasteiger partial charge in [-0.15, -0.1) is 0 Å². The lowest BCUT2D eigenvalue weighted by Crippen LogP contribution is -2.18. The van der Waals surface area contributed by atoms with E-state index in [1.807, 2.05) is 13.0 Å². The van der Waals surface area contributed by atoms with Crippen molar-refractivity contribution in [3.05, 3.63) is 92.3 Å². The maximum atomic E-state index is 12.8. The molecule has 0 unspecified atom stereocenters. The zero-order chi connectivity index (χ0) is 24.2. The van der Waals surface area contributed by atoms with Crippen molar-refractivity contribution in [2.75, 3.05) is 5.32 Å². The summed E-state index contributed by atoms with van der Waals surface area (Å²) in [6.45, 7) is 5.88. The van der Waals surface area contributed by atoms with E-state index in [9.17, 15) is 14.4 Å². The van der Waals surface area contributed by atoms with E-state index in [4.69, 9.17) is 4.74 Å². The minimum absolute atomic E-state index is 0.178. The molecule has 0 aliphatic carbocycles. The normalized spacial score (nSPS) is 11.1. The fourth-order valence-corrected chi connectivity index (χ4v) is 4.50. The molecule has 4 aromatic rings. The number of benzene rings is 2. The number of nitrogens with one attached hydrogen (secondary N) is 1. The molecular formula is C25H24N4O4S. The van der Waals surface area contributed by atoms with Gasteiger partial charge in [0.1, 0.15) is 11.6 Å². The number of rotatable bonds is 7. The highest BCUT2D eigenvalue weighted by molar-refractivity contribution is 7.16. The van der Waals surface area contributed by atoms with E-state index >= 15 is 0 Å². The number of hydrogen-bond donors (Lipinski definition) is 1. The smallest absolute Gasteiger partial charge is 0.340 e. The summed E-state index contributed by atoms with van der Waals surface area (Å²) in [6, 6.07) is 15.1. The first-order valence-electron chi connectivity index (χ1n) is 10.8. The van der Waals surface area contributed by atoms with Crippen molar-refractivity contribution in [3.63, 3.8) is 0 Å². The molecule has 0 saturated heterocycles. The van der Waals surface area contributed by atoms with Crippen LogP contribution in [0.5, 0.6) is 0 Å². The number of aryl methyl sites for hydroxylation is 1. The highest BCUT2D eigenvalue weighted by Gasteiger charge is 2.17. The molecule has 2 aromatic carbocycles. The van der Waals surface area contributed by atoms with Gasteiger partial charge in [-0.25, -0.2) is 9.78 Å².